The molecule has 0 fully saturated rings. The normalized spacial score (nSPS) is 12.1. The fourth-order valence-corrected chi connectivity index (χ4v) is 3.85. The summed E-state index contributed by atoms with van der Waals surface area (Å²) >= 11 is 0. The van der Waals surface area contributed by atoms with Gasteiger partial charge >= 0.3 is 0 Å². The van der Waals surface area contributed by atoms with Crippen LogP contribution in [0.5, 0.6) is 0 Å². The molecule has 0 heterocycles. The SMILES string of the molecule is CCCCCc1ccc(NC(=O)C(N)CSSCCN)cc1. The van der Waals surface area contributed by atoms with Gasteiger partial charge < -0.3 is 16.8 Å². The predicted molar refractivity (Wildman–Crippen MR) is 100 cm³/mol. The van der Waals surface area contributed by atoms with Crippen molar-refractivity contribution < 1.29 is 4.79 Å². The average molecular weight is 342 g/mol. The fourth-order valence-electron chi connectivity index (χ4n) is 1.87. The number of hydrogen-bond donors (Lipinski definition) is 3. The van der Waals surface area contributed by atoms with E-state index in [4.69, 9.17) is 11.5 Å². The van der Waals surface area contributed by atoms with Crippen LogP contribution in [0, 0.1) is 0 Å². The van der Waals surface area contributed by atoms with E-state index in [1.54, 1.807) is 21.6 Å². The maximum atomic E-state index is 12.0. The lowest BCUT2D eigenvalue weighted by molar-refractivity contribution is -0.116. The second-order valence-corrected chi connectivity index (χ2v) is 7.77. The first kappa shape index (κ1) is 19.4. The molecular formula is C16H27N3OS2. The van der Waals surface area contributed by atoms with Gasteiger partial charge in [0.05, 0.1) is 6.04 Å². The third kappa shape index (κ3) is 8.08. The molecule has 0 aliphatic carbocycles. The minimum absolute atomic E-state index is 0.139. The van der Waals surface area contributed by atoms with Crippen molar-refractivity contribution in [2.75, 3.05) is 23.4 Å². The van der Waals surface area contributed by atoms with E-state index >= 15 is 0 Å². The molecule has 0 spiro atoms. The molecule has 0 radical (unpaired) electrons. The molecule has 1 aromatic carbocycles. The van der Waals surface area contributed by atoms with Gasteiger partial charge in [0, 0.05) is 23.7 Å². The average Bonchev–Trinajstić information content (AvgIpc) is 2.53. The highest BCUT2D eigenvalue weighted by Crippen LogP contribution is 2.21. The number of rotatable bonds is 11. The van der Waals surface area contributed by atoms with E-state index in [2.05, 4.69) is 24.4 Å². The summed E-state index contributed by atoms with van der Waals surface area (Å²) in [5.74, 6) is 1.32. The van der Waals surface area contributed by atoms with E-state index in [1.165, 1.54) is 24.8 Å². The first-order chi connectivity index (χ1) is 10.7. The molecule has 1 rings (SSSR count). The summed E-state index contributed by atoms with van der Waals surface area (Å²) < 4.78 is 0. The van der Waals surface area contributed by atoms with Gasteiger partial charge in [-0.1, -0.05) is 53.5 Å². The highest BCUT2D eigenvalue weighted by atomic mass is 33.1. The molecule has 4 nitrogen and oxygen atoms in total. The van der Waals surface area contributed by atoms with Gasteiger partial charge in [-0.3, -0.25) is 4.79 Å². The topological polar surface area (TPSA) is 81.1 Å². The number of anilines is 1. The summed E-state index contributed by atoms with van der Waals surface area (Å²) in [6.45, 7) is 2.85. The Hall–Kier alpha value is -0.690. The van der Waals surface area contributed by atoms with Crippen molar-refractivity contribution in [1.29, 1.82) is 0 Å². The third-order valence-electron chi connectivity index (χ3n) is 3.16. The van der Waals surface area contributed by atoms with Crippen molar-refractivity contribution in [3.63, 3.8) is 0 Å². The number of hydrogen-bond acceptors (Lipinski definition) is 5. The highest BCUT2D eigenvalue weighted by Gasteiger charge is 2.13. The monoisotopic (exact) mass is 341 g/mol. The highest BCUT2D eigenvalue weighted by molar-refractivity contribution is 8.76. The molecule has 6 heteroatoms. The molecule has 1 unspecified atom stereocenters. The molecule has 1 amide bonds. The lowest BCUT2D eigenvalue weighted by Crippen LogP contribution is -2.37. The van der Waals surface area contributed by atoms with E-state index in [0.717, 1.165) is 17.9 Å². The maximum absolute atomic E-state index is 12.0. The molecule has 22 heavy (non-hydrogen) atoms. The number of nitrogens with two attached hydrogens (primary N) is 2. The van der Waals surface area contributed by atoms with Crippen LogP contribution in [0.4, 0.5) is 5.69 Å². The number of amides is 1. The van der Waals surface area contributed by atoms with Crippen molar-refractivity contribution in [2.45, 2.75) is 38.6 Å². The molecule has 0 saturated carbocycles. The molecule has 0 aliphatic heterocycles. The molecular weight excluding hydrogens is 314 g/mol. The molecule has 0 bridgehead atoms. The first-order valence-electron chi connectivity index (χ1n) is 7.77. The van der Waals surface area contributed by atoms with Gasteiger partial charge in [0.25, 0.3) is 0 Å². The number of nitrogens with one attached hydrogen (secondary N) is 1. The number of aryl methyl sites for hydroxylation is 1. The van der Waals surface area contributed by atoms with Gasteiger partial charge in [-0.15, -0.1) is 0 Å². The second-order valence-electron chi connectivity index (χ2n) is 5.14. The second kappa shape index (κ2) is 11.8. The number of unbranched alkanes of at least 4 members (excludes halogenated alkanes) is 2. The molecule has 5 N–H and O–H groups in total. The predicted octanol–water partition coefficient (Wildman–Crippen LogP) is 3.03. The van der Waals surface area contributed by atoms with E-state index in [9.17, 15) is 4.79 Å². The zero-order chi connectivity index (χ0) is 16.2. The van der Waals surface area contributed by atoms with Crippen molar-refractivity contribution in [2.24, 2.45) is 11.5 Å². The van der Waals surface area contributed by atoms with Crippen LogP contribution in [0.15, 0.2) is 24.3 Å². The maximum Gasteiger partial charge on any atom is 0.242 e. The van der Waals surface area contributed by atoms with E-state index in [0.29, 0.717) is 12.3 Å². The molecule has 124 valence electrons. The Kier molecular flexibility index (Phi) is 10.4. The van der Waals surface area contributed by atoms with Crippen LogP contribution < -0.4 is 16.8 Å². The Balaban J connectivity index is 2.34. The minimum Gasteiger partial charge on any atom is -0.330 e. The van der Waals surface area contributed by atoms with Crippen LogP contribution in [-0.4, -0.2) is 30.0 Å². The van der Waals surface area contributed by atoms with Crippen LogP contribution in [0.2, 0.25) is 0 Å². The fraction of sp³-hybridized carbons (Fsp3) is 0.562. The van der Waals surface area contributed by atoms with Gasteiger partial charge in [0.2, 0.25) is 5.91 Å². The first-order valence-corrected chi connectivity index (χ1v) is 10.3. The summed E-state index contributed by atoms with van der Waals surface area (Å²) in [5.41, 5.74) is 13.4. The van der Waals surface area contributed by atoms with E-state index in [1.807, 2.05) is 12.1 Å². The molecule has 0 aliphatic rings. The lowest BCUT2D eigenvalue weighted by Gasteiger charge is -2.12. The lowest BCUT2D eigenvalue weighted by atomic mass is 10.1. The Bertz CT molecular complexity index is 426. The van der Waals surface area contributed by atoms with Gasteiger partial charge in [0.1, 0.15) is 0 Å². The van der Waals surface area contributed by atoms with Gasteiger partial charge in [0.15, 0.2) is 0 Å². The van der Waals surface area contributed by atoms with E-state index < -0.39 is 6.04 Å². The number of benzene rings is 1. The molecule has 0 aromatic heterocycles. The summed E-state index contributed by atoms with van der Waals surface area (Å²) in [7, 11) is 3.24. The zero-order valence-electron chi connectivity index (χ0n) is 13.2. The number of carbonyl (C=O) groups is 1. The quantitative estimate of drug-likeness (QED) is 0.426. The van der Waals surface area contributed by atoms with Gasteiger partial charge in [-0.2, -0.15) is 0 Å². The Morgan fingerprint density at radius 1 is 1.23 bits per heavy atom. The Morgan fingerprint density at radius 2 is 1.95 bits per heavy atom. The van der Waals surface area contributed by atoms with Crippen LogP contribution >= 0.6 is 21.6 Å². The standard InChI is InChI=1S/C16H27N3OS2/c1-2-3-4-5-13-6-8-14(9-7-13)19-16(20)15(18)12-22-21-11-10-17/h6-9,15H,2-5,10-12,17-18H2,1H3,(H,19,20). The Labute approximate surface area is 141 Å². The summed E-state index contributed by atoms with van der Waals surface area (Å²) in [6, 6.07) is 7.54. The smallest absolute Gasteiger partial charge is 0.242 e. The summed E-state index contributed by atoms with van der Waals surface area (Å²) in [4.78, 5) is 12.0. The molecule has 1 atom stereocenters. The molecule has 0 saturated heterocycles. The largest absolute Gasteiger partial charge is 0.330 e. The van der Waals surface area contributed by atoms with E-state index in [-0.39, 0.29) is 5.91 Å². The summed E-state index contributed by atoms with van der Waals surface area (Å²) in [5, 5.41) is 2.87. The van der Waals surface area contributed by atoms with Crippen molar-refractivity contribution in [3.05, 3.63) is 29.8 Å². The molecule has 1 aromatic rings. The van der Waals surface area contributed by atoms with Crippen molar-refractivity contribution in [3.8, 4) is 0 Å². The third-order valence-corrected chi connectivity index (χ3v) is 5.63. The van der Waals surface area contributed by atoms with Crippen LogP contribution in [0.3, 0.4) is 0 Å². The van der Waals surface area contributed by atoms with Gasteiger partial charge in [-0.25, -0.2) is 0 Å². The zero-order valence-corrected chi connectivity index (χ0v) is 14.8. The Morgan fingerprint density at radius 3 is 2.59 bits per heavy atom. The van der Waals surface area contributed by atoms with Crippen molar-refractivity contribution >= 4 is 33.2 Å². The van der Waals surface area contributed by atoms with Gasteiger partial charge in [-0.05, 0) is 30.5 Å². The summed E-state index contributed by atoms with van der Waals surface area (Å²) in [6.07, 6.45) is 4.79. The van der Waals surface area contributed by atoms with Crippen LogP contribution in [0.1, 0.15) is 31.7 Å². The van der Waals surface area contributed by atoms with Crippen LogP contribution in [0.25, 0.3) is 0 Å². The number of carbonyl (C=O) groups excluding carboxylic acids is 1. The van der Waals surface area contributed by atoms with Crippen molar-refractivity contribution in [1.82, 2.24) is 0 Å². The van der Waals surface area contributed by atoms with Crippen LogP contribution in [-0.2, 0) is 11.2 Å². The minimum atomic E-state index is -0.500.